The van der Waals surface area contributed by atoms with Gasteiger partial charge in [-0.25, -0.2) is 0 Å². The maximum absolute atomic E-state index is 13.1. The molecule has 3 aromatic rings. The lowest BCUT2D eigenvalue weighted by atomic mass is 9.86. The summed E-state index contributed by atoms with van der Waals surface area (Å²) in [6, 6.07) is 17.3. The van der Waals surface area contributed by atoms with Gasteiger partial charge in [0.05, 0.1) is 11.1 Å². The lowest BCUT2D eigenvalue weighted by Crippen LogP contribution is -2.29. The van der Waals surface area contributed by atoms with Crippen LogP contribution >= 0.6 is 0 Å². The van der Waals surface area contributed by atoms with Crippen LogP contribution in [0.25, 0.3) is 0 Å². The van der Waals surface area contributed by atoms with Crippen LogP contribution in [0.5, 0.6) is 0 Å². The third-order valence-electron chi connectivity index (χ3n) is 5.36. The number of carbonyl (C=O) groups is 2. The van der Waals surface area contributed by atoms with E-state index in [1.165, 1.54) is 12.4 Å². The highest BCUT2D eigenvalue weighted by Crippen LogP contribution is 2.30. The topological polar surface area (TPSA) is 62.3 Å². The Labute approximate surface area is 176 Å². The second-order valence-corrected chi connectivity index (χ2v) is 8.55. The summed E-state index contributed by atoms with van der Waals surface area (Å²) in [5.41, 5.74) is 4.55. The summed E-state index contributed by atoms with van der Waals surface area (Å²) in [5.74, 6) is -0.423. The molecule has 0 spiro atoms. The molecule has 4 rings (SSSR count). The Balaban J connectivity index is 1.57. The van der Waals surface area contributed by atoms with Crippen molar-refractivity contribution in [3.8, 4) is 0 Å². The molecule has 1 aliphatic heterocycles. The highest BCUT2D eigenvalue weighted by atomic mass is 16.2. The highest BCUT2D eigenvalue weighted by Gasteiger charge is 2.26. The van der Waals surface area contributed by atoms with Crippen LogP contribution in [-0.2, 0) is 11.8 Å². The van der Waals surface area contributed by atoms with Gasteiger partial charge in [-0.1, -0.05) is 57.2 Å². The quantitative estimate of drug-likeness (QED) is 0.686. The van der Waals surface area contributed by atoms with Gasteiger partial charge in [0.25, 0.3) is 11.8 Å². The van der Waals surface area contributed by atoms with E-state index < -0.39 is 0 Å². The van der Waals surface area contributed by atoms with Crippen molar-refractivity contribution in [1.29, 1.82) is 0 Å². The minimum Gasteiger partial charge on any atom is -0.322 e. The number of pyridine rings is 1. The van der Waals surface area contributed by atoms with E-state index >= 15 is 0 Å². The van der Waals surface area contributed by atoms with Gasteiger partial charge in [0.2, 0.25) is 0 Å². The van der Waals surface area contributed by atoms with Gasteiger partial charge in [0, 0.05) is 30.3 Å². The molecule has 0 aliphatic carbocycles. The Morgan fingerprint density at radius 1 is 0.967 bits per heavy atom. The van der Waals surface area contributed by atoms with E-state index in [2.05, 4.69) is 31.1 Å². The van der Waals surface area contributed by atoms with Crippen molar-refractivity contribution in [1.82, 2.24) is 4.98 Å². The van der Waals surface area contributed by atoms with Gasteiger partial charge in [0.1, 0.15) is 0 Å². The van der Waals surface area contributed by atoms with Crippen molar-refractivity contribution < 1.29 is 9.59 Å². The van der Waals surface area contributed by atoms with E-state index in [0.717, 1.165) is 28.9 Å². The summed E-state index contributed by atoms with van der Waals surface area (Å²) < 4.78 is 0. The van der Waals surface area contributed by atoms with E-state index in [1.807, 2.05) is 48.5 Å². The monoisotopic (exact) mass is 399 g/mol. The fourth-order valence-electron chi connectivity index (χ4n) is 3.83. The van der Waals surface area contributed by atoms with Crippen LogP contribution in [-0.4, -0.2) is 23.3 Å². The summed E-state index contributed by atoms with van der Waals surface area (Å²) in [5, 5.41) is 2.98. The number of hydrogen-bond donors (Lipinski definition) is 1. The van der Waals surface area contributed by atoms with E-state index in [4.69, 9.17) is 0 Å². The van der Waals surface area contributed by atoms with Crippen LogP contribution < -0.4 is 10.2 Å². The molecule has 5 heteroatoms. The van der Waals surface area contributed by atoms with E-state index in [9.17, 15) is 9.59 Å². The molecule has 2 aromatic carbocycles. The third kappa shape index (κ3) is 3.83. The number of aromatic nitrogens is 1. The highest BCUT2D eigenvalue weighted by molar-refractivity contribution is 6.10. The van der Waals surface area contributed by atoms with E-state index in [0.29, 0.717) is 17.7 Å². The minimum atomic E-state index is -0.282. The Kier molecular flexibility index (Phi) is 5.12. The Bertz CT molecular complexity index is 1120. The number of rotatable bonds is 3. The first kappa shape index (κ1) is 19.8. The van der Waals surface area contributed by atoms with Crippen molar-refractivity contribution in [3.05, 3.63) is 89.2 Å². The molecule has 152 valence electrons. The number of anilines is 2. The van der Waals surface area contributed by atoms with Crippen LogP contribution in [0.3, 0.4) is 0 Å². The molecule has 0 saturated carbocycles. The number of para-hydroxylation sites is 2. The number of fused-ring (bicyclic) bond motifs is 1. The molecule has 5 nitrogen and oxygen atoms in total. The molecule has 30 heavy (non-hydrogen) atoms. The molecule has 2 heterocycles. The zero-order valence-electron chi connectivity index (χ0n) is 17.5. The van der Waals surface area contributed by atoms with Gasteiger partial charge in [-0.3, -0.25) is 14.6 Å². The Morgan fingerprint density at radius 2 is 1.67 bits per heavy atom. The summed E-state index contributed by atoms with van der Waals surface area (Å²) >= 11 is 0. The largest absolute Gasteiger partial charge is 0.322 e. The molecule has 1 aliphatic rings. The molecule has 2 amide bonds. The van der Waals surface area contributed by atoms with Crippen LogP contribution in [0.4, 0.5) is 11.4 Å². The van der Waals surface area contributed by atoms with Crippen molar-refractivity contribution in [2.75, 3.05) is 16.8 Å². The lowest BCUT2D eigenvalue weighted by Gasteiger charge is -2.23. The second kappa shape index (κ2) is 7.75. The van der Waals surface area contributed by atoms with Crippen molar-refractivity contribution >= 4 is 23.2 Å². The zero-order chi connectivity index (χ0) is 21.3. The third-order valence-corrected chi connectivity index (χ3v) is 5.36. The zero-order valence-corrected chi connectivity index (χ0v) is 17.5. The molecule has 0 unspecified atom stereocenters. The molecule has 0 bridgehead atoms. The predicted octanol–water partition coefficient (Wildman–Crippen LogP) is 4.83. The maximum atomic E-state index is 13.1. The Morgan fingerprint density at radius 3 is 2.47 bits per heavy atom. The van der Waals surface area contributed by atoms with Crippen LogP contribution in [0.1, 0.15) is 52.6 Å². The predicted molar refractivity (Wildman–Crippen MR) is 119 cm³/mol. The van der Waals surface area contributed by atoms with Crippen LogP contribution in [0.2, 0.25) is 0 Å². The van der Waals surface area contributed by atoms with E-state index in [-0.39, 0.29) is 17.2 Å². The van der Waals surface area contributed by atoms with Gasteiger partial charge in [-0.15, -0.1) is 0 Å². The number of benzene rings is 2. The number of nitrogens with zero attached hydrogens (tertiary/aromatic N) is 2. The average Bonchev–Trinajstić information content (AvgIpc) is 3.17. The van der Waals surface area contributed by atoms with Crippen LogP contribution in [0.15, 0.2) is 67.0 Å². The molecule has 0 saturated heterocycles. The first-order chi connectivity index (χ1) is 14.3. The molecule has 0 radical (unpaired) electrons. The van der Waals surface area contributed by atoms with Crippen molar-refractivity contribution in [3.63, 3.8) is 0 Å². The smallest absolute Gasteiger partial charge is 0.259 e. The number of hydrogen-bond acceptors (Lipinski definition) is 3. The van der Waals surface area contributed by atoms with Crippen molar-refractivity contribution in [2.24, 2.45) is 0 Å². The summed E-state index contributed by atoms with van der Waals surface area (Å²) in [7, 11) is 0. The first-order valence-corrected chi connectivity index (χ1v) is 10.1. The maximum Gasteiger partial charge on any atom is 0.259 e. The van der Waals surface area contributed by atoms with Gasteiger partial charge in [0.15, 0.2) is 0 Å². The van der Waals surface area contributed by atoms with E-state index in [1.54, 1.807) is 11.0 Å². The fourth-order valence-corrected chi connectivity index (χ4v) is 3.83. The molecular weight excluding hydrogens is 374 g/mol. The molecule has 0 atom stereocenters. The van der Waals surface area contributed by atoms with Crippen molar-refractivity contribution in [2.45, 2.75) is 32.6 Å². The SMILES string of the molecule is CC(C)(C)c1ccccc1NC(=O)c1cncc(C(=O)N2CCc3ccccc32)c1. The minimum absolute atomic E-state index is 0.108. The second-order valence-electron chi connectivity index (χ2n) is 8.55. The summed E-state index contributed by atoms with van der Waals surface area (Å²) in [6.07, 6.45) is 3.84. The molecule has 1 N–H and O–H groups in total. The van der Waals surface area contributed by atoms with Crippen LogP contribution in [0, 0.1) is 0 Å². The summed E-state index contributed by atoms with van der Waals surface area (Å²) in [6.45, 7) is 6.94. The molecular formula is C25H25N3O2. The fraction of sp³-hybridized carbons (Fsp3) is 0.240. The average molecular weight is 399 g/mol. The normalized spacial score (nSPS) is 13.1. The van der Waals surface area contributed by atoms with Gasteiger partial charge >= 0.3 is 0 Å². The lowest BCUT2D eigenvalue weighted by molar-refractivity contribution is 0.0989. The number of carbonyl (C=O) groups excluding carboxylic acids is 2. The van der Waals surface area contributed by atoms with Gasteiger partial charge in [-0.05, 0) is 41.2 Å². The van der Waals surface area contributed by atoms with Gasteiger partial charge < -0.3 is 10.2 Å². The number of amides is 2. The first-order valence-electron chi connectivity index (χ1n) is 10.1. The Hall–Kier alpha value is -3.47. The molecule has 1 aromatic heterocycles. The van der Waals surface area contributed by atoms with Gasteiger partial charge in [-0.2, -0.15) is 0 Å². The summed E-state index contributed by atoms with van der Waals surface area (Å²) in [4.78, 5) is 31.9. The number of nitrogens with one attached hydrogen (secondary N) is 1. The standard InChI is InChI=1S/C25H25N3O2/c1-25(2,3)20-9-5-6-10-21(20)27-23(29)18-14-19(16-26-15-18)24(30)28-13-12-17-8-4-7-11-22(17)28/h4-11,14-16H,12-13H2,1-3H3,(H,27,29). The molecule has 0 fully saturated rings.